The number of halogens is 3. The Labute approximate surface area is 170 Å². The van der Waals surface area contributed by atoms with Gasteiger partial charge < -0.3 is 14.2 Å². The second-order valence-corrected chi connectivity index (χ2v) is 6.71. The number of hydrogen-bond donors (Lipinski definition) is 0. The van der Waals surface area contributed by atoms with Crippen LogP contribution in [-0.4, -0.2) is 19.7 Å². The zero-order chi connectivity index (χ0) is 19.1. The maximum atomic E-state index is 13.1. The van der Waals surface area contributed by atoms with Gasteiger partial charge in [0, 0.05) is 11.6 Å². The van der Waals surface area contributed by atoms with Crippen LogP contribution in [-0.2, 0) is 16.1 Å². The lowest BCUT2D eigenvalue weighted by Crippen LogP contribution is -2.01. The lowest BCUT2D eigenvalue weighted by atomic mass is 10.2. The Kier molecular flexibility index (Phi) is 7.71. The summed E-state index contributed by atoms with van der Waals surface area (Å²) in [6.07, 6.45) is 3.00. The van der Waals surface area contributed by atoms with Crippen LogP contribution < -0.4 is 9.47 Å². The fraction of sp³-hybridized carbons (Fsp3) is 0.211. The summed E-state index contributed by atoms with van der Waals surface area (Å²) in [5.74, 6) is 0.247. The predicted molar refractivity (Wildman–Crippen MR) is 107 cm³/mol. The molecule has 0 aromatic heterocycles. The number of carbonyl (C=O) groups excluding carboxylic acids is 1. The van der Waals surface area contributed by atoms with Crippen LogP contribution in [0, 0.1) is 9.39 Å². The van der Waals surface area contributed by atoms with Gasteiger partial charge in [0.05, 0.1) is 22.3 Å². The Balaban J connectivity index is 2.19. The molecule has 0 saturated heterocycles. The highest BCUT2D eigenvalue weighted by Gasteiger charge is 2.12. The Morgan fingerprint density at radius 3 is 2.73 bits per heavy atom. The molecule has 0 fully saturated rings. The zero-order valence-electron chi connectivity index (χ0n) is 14.2. The van der Waals surface area contributed by atoms with Crippen molar-refractivity contribution in [2.75, 3.05) is 13.7 Å². The van der Waals surface area contributed by atoms with E-state index in [0.29, 0.717) is 28.7 Å². The van der Waals surface area contributed by atoms with Gasteiger partial charge in [-0.05, 0) is 65.4 Å². The van der Waals surface area contributed by atoms with Crippen molar-refractivity contribution in [2.24, 2.45) is 0 Å². The molecule has 0 saturated carbocycles. The highest BCUT2D eigenvalue weighted by Crippen LogP contribution is 2.35. The van der Waals surface area contributed by atoms with Crippen LogP contribution in [0.1, 0.15) is 18.1 Å². The topological polar surface area (TPSA) is 44.8 Å². The Bertz CT molecular complexity index is 823. The molecular weight excluding hydrogens is 474 g/mol. The number of esters is 1. The number of benzene rings is 2. The fourth-order valence-corrected chi connectivity index (χ4v) is 3.12. The first kappa shape index (κ1) is 20.5. The standard InChI is InChI=1S/C19H17ClFIO4/c1-3-25-18(23)7-4-12-8-16(22)19(17(9-12)24-2)26-11-13-5-6-14(21)10-15(13)20/h4-10H,3,11H2,1-2H3/b7-4+. The van der Waals surface area contributed by atoms with Gasteiger partial charge >= 0.3 is 5.97 Å². The van der Waals surface area contributed by atoms with Crippen molar-refractivity contribution in [1.82, 2.24) is 0 Å². The molecule has 4 nitrogen and oxygen atoms in total. The second kappa shape index (κ2) is 9.78. The maximum absolute atomic E-state index is 13.1. The number of rotatable bonds is 7. The van der Waals surface area contributed by atoms with Gasteiger partial charge in [-0.3, -0.25) is 0 Å². The van der Waals surface area contributed by atoms with E-state index in [1.165, 1.54) is 25.3 Å². The summed E-state index contributed by atoms with van der Waals surface area (Å²) in [7, 11) is 1.53. The molecule has 7 heteroatoms. The number of carbonyl (C=O) groups is 1. The first-order valence-corrected chi connectivity index (χ1v) is 9.19. The van der Waals surface area contributed by atoms with E-state index in [2.05, 4.69) is 22.6 Å². The van der Waals surface area contributed by atoms with Crippen LogP contribution >= 0.6 is 34.2 Å². The number of hydrogen-bond acceptors (Lipinski definition) is 4. The molecule has 0 unspecified atom stereocenters. The molecule has 0 amide bonds. The van der Waals surface area contributed by atoms with Gasteiger partial charge in [-0.25, -0.2) is 9.18 Å². The van der Waals surface area contributed by atoms with Crippen LogP contribution in [0.2, 0.25) is 5.02 Å². The van der Waals surface area contributed by atoms with Crippen molar-refractivity contribution in [1.29, 1.82) is 0 Å². The molecule has 0 N–H and O–H groups in total. The Hall–Kier alpha value is -1.80. The smallest absolute Gasteiger partial charge is 0.330 e. The minimum absolute atomic E-state index is 0.170. The van der Waals surface area contributed by atoms with Crippen molar-refractivity contribution < 1.29 is 23.4 Å². The minimum atomic E-state index is -0.409. The Morgan fingerprint density at radius 2 is 2.08 bits per heavy atom. The molecule has 0 aliphatic heterocycles. The van der Waals surface area contributed by atoms with E-state index in [0.717, 1.165) is 9.13 Å². The summed E-state index contributed by atoms with van der Waals surface area (Å²) in [6, 6.07) is 7.75. The van der Waals surface area contributed by atoms with Gasteiger partial charge in [0.15, 0.2) is 11.5 Å². The molecular formula is C19H17ClFIO4. The summed E-state index contributed by atoms with van der Waals surface area (Å²) >= 11 is 8.14. The lowest BCUT2D eigenvalue weighted by molar-refractivity contribution is -0.137. The summed E-state index contributed by atoms with van der Waals surface area (Å²) in [6.45, 7) is 2.24. The molecule has 0 aliphatic rings. The molecule has 0 aliphatic carbocycles. The minimum Gasteiger partial charge on any atom is -0.493 e. The van der Waals surface area contributed by atoms with Crippen molar-refractivity contribution >= 4 is 46.2 Å². The number of methoxy groups -OCH3 is 1. The van der Waals surface area contributed by atoms with Gasteiger partial charge in [-0.1, -0.05) is 17.7 Å². The average Bonchev–Trinajstić information content (AvgIpc) is 2.60. The van der Waals surface area contributed by atoms with E-state index in [1.54, 1.807) is 25.1 Å². The van der Waals surface area contributed by atoms with Crippen molar-refractivity contribution in [2.45, 2.75) is 13.5 Å². The summed E-state index contributed by atoms with van der Waals surface area (Å²) in [5.41, 5.74) is 1.43. The van der Waals surface area contributed by atoms with Crippen molar-refractivity contribution in [3.05, 3.63) is 61.9 Å². The monoisotopic (exact) mass is 490 g/mol. The van der Waals surface area contributed by atoms with Gasteiger partial charge in [0.25, 0.3) is 0 Å². The molecule has 0 radical (unpaired) electrons. The summed E-state index contributed by atoms with van der Waals surface area (Å²) in [4.78, 5) is 11.4. The summed E-state index contributed by atoms with van der Waals surface area (Å²) < 4.78 is 30.0. The van der Waals surface area contributed by atoms with E-state index in [-0.39, 0.29) is 6.61 Å². The van der Waals surface area contributed by atoms with E-state index in [9.17, 15) is 9.18 Å². The van der Waals surface area contributed by atoms with Gasteiger partial charge in [0.2, 0.25) is 0 Å². The normalized spacial score (nSPS) is 10.8. The average molecular weight is 491 g/mol. The van der Waals surface area contributed by atoms with E-state index < -0.39 is 11.8 Å². The predicted octanol–water partition coefficient (Wildman–Crippen LogP) is 5.25. The third kappa shape index (κ3) is 5.60. The summed E-state index contributed by atoms with van der Waals surface area (Å²) in [5, 5.41) is 0.299. The Morgan fingerprint density at radius 1 is 1.31 bits per heavy atom. The molecule has 0 heterocycles. The van der Waals surface area contributed by atoms with Gasteiger partial charge in [-0.2, -0.15) is 0 Å². The fourth-order valence-electron chi connectivity index (χ4n) is 2.12. The molecule has 0 atom stereocenters. The van der Waals surface area contributed by atoms with E-state index in [1.807, 2.05) is 6.07 Å². The molecule has 0 bridgehead atoms. The maximum Gasteiger partial charge on any atom is 0.330 e. The quantitative estimate of drug-likeness (QED) is 0.302. The van der Waals surface area contributed by atoms with E-state index >= 15 is 0 Å². The van der Waals surface area contributed by atoms with Gasteiger partial charge in [0.1, 0.15) is 12.4 Å². The van der Waals surface area contributed by atoms with E-state index in [4.69, 9.17) is 25.8 Å². The molecule has 2 aromatic carbocycles. The number of ether oxygens (including phenoxy) is 3. The molecule has 138 valence electrons. The molecule has 26 heavy (non-hydrogen) atoms. The zero-order valence-corrected chi connectivity index (χ0v) is 17.1. The van der Waals surface area contributed by atoms with Crippen molar-refractivity contribution in [3.63, 3.8) is 0 Å². The second-order valence-electron chi connectivity index (χ2n) is 5.14. The van der Waals surface area contributed by atoms with Crippen LogP contribution in [0.5, 0.6) is 11.5 Å². The molecule has 2 rings (SSSR count). The first-order chi connectivity index (χ1) is 12.4. The van der Waals surface area contributed by atoms with Crippen molar-refractivity contribution in [3.8, 4) is 11.5 Å². The largest absolute Gasteiger partial charge is 0.493 e. The third-order valence-corrected chi connectivity index (χ3v) is 4.49. The van der Waals surface area contributed by atoms with Crippen LogP contribution in [0.4, 0.5) is 4.39 Å². The van der Waals surface area contributed by atoms with Crippen LogP contribution in [0.15, 0.2) is 36.4 Å². The SMILES string of the molecule is CCOC(=O)/C=C/c1cc(I)c(OCc2ccc(F)cc2Cl)c(OC)c1. The third-order valence-electron chi connectivity index (χ3n) is 3.34. The lowest BCUT2D eigenvalue weighted by Gasteiger charge is -2.14. The highest BCUT2D eigenvalue weighted by molar-refractivity contribution is 14.1. The van der Waals surface area contributed by atoms with Crippen LogP contribution in [0.3, 0.4) is 0 Å². The highest BCUT2D eigenvalue weighted by atomic mass is 127. The van der Waals surface area contributed by atoms with Crippen LogP contribution in [0.25, 0.3) is 6.08 Å². The molecule has 0 spiro atoms. The molecule has 2 aromatic rings. The van der Waals surface area contributed by atoms with Gasteiger partial charge in [-0.15, -0.1) is 0 Å². The first-order valence-electron chi connectivity index (χ1n) is 7.73.